The number of methoxy groups -OCH3 is 1. The molecular formula is C28H28N2O4. The number of hydrogen-bond donors (Lipinski definition) is 1. The molecule has 1 heterocycles. The molecular weight excluding hydrogens is 428 g/mol. The van der Waals surface area contributed by atoms with Crippen LogP contribution in [0.1, 0.15) is 41.1 Å². The van der Waals surface area contributed by atoms with E-state index in [2.05, 4.69) is 28.7 Å². The average Bonchev–Trinajstić information content (AvgIpc) is 3.18. The predicted octanol–water partition coefficient (Wildman–Crippen LogP) is 5.92. The largest absolute Gasteiger partial charge is 0.493 e. The third-order valence-corrected chi connectivity index (χ3v) is 5.82. The zero-order valence-corrected chi connectivity index (χ0v) is 19.8. The van der Waals surface area contributed by atoms with Gasteiger partial charge in [0.05, 0.1) is 24.4 Å². The van der Waals surface area contributed by atoms with Crippen LogP contribution in [0.5, 0.6) is 11.5 Å². The molecule has 1 N–H and O–H groups in total. The van der Waals surface area contributed by atoms with E-state index in [9.17, 15) is 4.79 Å². The van der Waals surface area contributed by atoms with Gasteiger partial charge in [-0.15, -0.1) is 0 Å². The van der Waals surface area contributed by atoms with Gasteiger partial charge in [-0.3, -0.25) is 4.79 Å². The predicted molar refractivity (Wildman–Crippen MR) is 133 cm³/mol. The van der Waals surface area contributed by atoms with Crippen molar-refractivity contribution in [1.82, 2.24) is 10.5 Å². The number of carbonyl (C=O) groups excluding carboxylic acids is 1. The van der Waals surface area contributed by atoms with Crippen molar-refractivity contribution in [2.45, 2.75) is 33.4 Å². The maximum absolute atomic E-state index is 12.6. The Morgan fingerprint density at radius 2 is 1.88 bits per heavy atom. The third kappa shape index (κ3) is 5.12. The molecule has 0 fully saturated rings. The van der Waals surface area contributed by atoms with Gasteiger partial charge in [-0.05, 0) is 60.9 Å². The molecule has 3 aromatic carbocycles. The standard InChI is InChI=1S/C28H28N2O4/c1-18(23-11-7-9-22-8-5-6-10-24(22)23)29-28(31)15-13-21-12-14-26(27(16-21)32-4)33-17-25-19(2)30-34-20(25)3/h5-16,18H,17H2,1-4H3,(H,29,31)/b15-13+. The van der Waals surface area contributed by atoms with Crippen LogP contribution in [0.2, 0.25) is 0 Å². The topological polar surface area (TPSA) is 73.6 Å². The van der Waals surface area contributed by atoms with Crippen LogP contribution >= 0.6 is 0 Å². The summed E-state index contributed by atoms with van der Waals surface area (Å²) in [6.45, 7) is 6.06. The summed E-state index contributed by atoms with van der Waals surface area (Å²) in [5.41, 5.74) is 3.64. The quantitative estimate of drug-likeness (QED) is 0.333. The highest BCUT2D eigenvalue weighted by molar-refractivity contribution is 5.93. The van der Waals surface area contributed by atoms with Gasteiger partial charge in [0.15, 0.2) is 11.5 Å². The molecule has 0 aliphatic rings. The number of nitrogens with one attached hydrogen (secondary N) is 1. The first-order valence-electron chi connectivity index (χ1n) is 11.1. The van der Waals surface area contributed by atoms with E-state index in [1.54, 1.807) is 13.2 Å². The molecule has 0 spiro atoms. The lowest BCUT2D eigenvalue weighted by Crippen LogP contribution is -2.24. The molecule has 0 saturated carbocycles. The fraction of sp³-hybridized carbons (Fsp3) is 0.214. The molecule has 1 atom stereocenters. The molecule has 1 aromatic heterocycles. The highest BCUT2D eigenvalue weighted by atomic mass is 16.5. The number of nitrogens with zero attached hydrogens (tertiary/aromatic N) is 1. The minimum atomic E-state index is -0.168. The first-order chi connectivity index (χ1) is 16.5. The van der Waals surface area contributed by atoms with Gasteiger partial charge in [0, 0.05) is 6.08 Å². The Morgan fingerprint density at radius 1 is 1.09 bits per heavy atom. The highest BCUT2D eigenvalue weighted by Crippen LogP contribution is 2.30. The number of ether oxygens (including phenoxy) is 2. The van der Waals surface area contributed by atoms with Crippen LogP contribution in [-0.2, 0) is 11.4 Å². The average molecular weight is 457 g/mol. The number of aryl methyl sites for hydroxylation is 2. The first-order valence-corrected chi connectivity index (χ1v) is 11.1. The summed E-state index contributed by atoms with van der Waals surface area (Å²) in [4.78, 5) is 12.6. The molecule has 34 heavy (non-hydrogen) atoms. The van der Waals surface area contributed by atoms with Crippen LogP contribution in [-0.4, -0.2) is 18.2 Å². The van der Waals surface area contributed by atoms with Crippen molar-refractivity contribution in [2.24, 2.45) is 0 Å². The van der Waals surface area contributed by atoms with Crippen molar-refractivity contribution in [3.63, 3.8) is 0 Å². The van der Waals surface area contributed by atoms with Crippen LogP contribution in [0.15, 0.2) is 71.3 Å². The van der Waals surface area contributed by atoms with Gasteiger partial charge >= 0.3 is 0 Å². The molecule has 6 heteroatoms. The molecule has 1 unspecified atom stereocenters. The number of hydrogen-bond acceptors (Lipinski definition) is 5. The SMILES string of the molecule is COc1cc(/C=C/C(=O)NC(C)c2cccc3ccccc23)ccc1OCc1c(C)noc1C. The van der Waals surface area contributed by atoms with E-state index >= 15 is 0 Å². The van der Waals surface area contributed by atoms with Gasteiger partial charge in [0.2, 0.25) is 5.91 Å². The lowest BCUT2D eigenvalue weighted by Gasteiger charge is -2.15. The Morgan fingerprint density at radius 3 is 2.65 bits per heavy atom. The van der Waals surface area contributed by atoms with Gasteiger partial charge in [-0.25, -0.2) is 0 Å². The van der Waals surface area contributed by atoms with Gasteiger partial charge < -0.3 is 19.3 Å². The van der Waals surface area contributed by atoms with Crippen molar-refractivity contribution in [1.29, 1.82) is 0 Å². The second-order valence-electron chi connectivity index (χ2n) is 8.13. The normalized spacial score (nSPS) is 12.1. The van der Waals surface area contributed by atoms with Crippen molar-refractivity contribution in [2.75, 3.05) is 7.11 Å². The van der Waals surface area contributed by atoms with Gasteiger partial charge in [0.25, 0.3) is 0 Å². The fourth-order valence-corrected chi connectivity index (χ4v) is 3.90. The van der Waals surface area contributed by atoms with Crippen molar-refractivity contribution in [3.05, 3.63) is 94.9 Å². The number of carbonyl (C=O) groups is 1. The number of amides is 1. The highest BCUT2D eigenvalue weighted by Gasteiger charge is 2.13. The maximum atomic E-state index is 12.6. The molecule has 6 nitrogen and oxygen atoms in total. The van der Waals surface area contributed by atoms with E-state index in [1.165, 1.54) is 6.08 Å². The molecule has 0 radical (unpaired) electrons. The van der Waals surface area contributed by atoms with Crippen LogP contribution in [0, 0.1) is 13.8 Å². The third-order valence-electron chi connectivity index (χ3n) is 5.82. The number of benzene rings is 3. The number of aromatic nitrogens is 1. The van der Waals surface area contributed by atoms with Gasteiger partial charge in [-0.1, -0.05) is 53.7 Å². The van der Waals surface area contributed by atoms with Crippen molar-refractivity contribution < 1.29 is 18.8 Å². The lowest BCUT2D eigenvalue weighted by atomic mass is 10.00. The molecule has 4 rings (SSSR count). The molecule has 174 valence electrons. The second kappa shape index (κ2) is 10.3. The summed E-state index contributed by atoms with van der Waals surface area (Å²) in [7, 11) is 1.59. The van der Waals surface area contributed by atoms with E-state index in [0.717, 1.165) is 38.9 Å². The van der Waals surface area contributed by atoms with E-state index in [1.807, 2.05) is 63.2 Å². The summed E-state index contributed by atoms with van der Waals surface area (Å²) in [5.74, 6) is 1.75. The monoisotopic (exact) mass is 456 g/mol. The fourth-order valence-electron chi connectivity index (χ4n) is 3.90. The Bertz CT molecular complexity index is 1310. The van der Waals surface area contributed by atoms with Gasteiger partial charge in [0.1, 0.15) is 12.4 Å². The van der Waals surface area contributed by atoms with E-state index < -0.39 is 0 Å². The molecule has 1 amide bonds. The maximum Gasteiger partial charge on any atom is 0.244 e. The zero-order chi connectivity index (χ0) is 24.1. The van der Waals surface area contributed by atoms with Crippen LogP contribution in [0.3, 0.4) is 0 Å². The Balaban J connectivity index is 1.42. The number of rotatable bonds is 8. The molecule has 0 saturated heterocycles. The minimum absolute atomic E-state index is 0.127. The molecule has 0 bridgehead atoms. The molecule has 0 aliphatic carbocycles. The van der Waals surface area contributed by atoms with Crippen molar-refractivity contribution >= 4 is 22.8 Å². The van der Waals surface area contributed by atoms with Crippen LogP contribution < -0.4 is 14.8 Å². The molecule has 0 aliphatic heterocycles. The Kier molecular flexibility index (Phi) is 6.97. The molecule has 4 aromatic rings. The number of fused-ring (bicyclic) bond motifs is 1. The summed E-state index contributed by atoms with van der Waals surface area (Å²) in [5, 5.41) is 9.29. The smallest absolute Gasteiger partial charge is 0.244 e. The Labute approximate surface area is 199 Å². The zero-order valence-electron chi connectivity index (χ0n) is 19.8. The van der Waals surface area contributed by atoms with E-state index in [-0.39, 0.29) is 11.9 Å². The van der Waals surface area contributed by atoms with Crippen LogP contribution in [0.25, 0.3) is 16.8 Å². The second-order valence-corrected chi connectivity index (χ2v) is 8.13. The summed E-state index contributed by atoms with van der Waals surface area (Å²) in [6, 6.07) is 19.7. The summed E-state index contributed by atoms with van der Waals surface area (Å²) < 4.78 is 16.6. The minimum Gasteiger partial charge on any atom is -0.493 e. The van der Waals surface area contributed by atoms with Gasteiger partial charge in [-0.2, -0.15) is 0 Å². The Hall–Kier alpha value is -4.06. The summed E-state index contributed by atoms with van der Waals surface area (Å²) >= 11 is 0. The van der Waals surface area contributed by atoms with Crippen LogP contribution in [0.4, 0.5) is 0 Å². The van der Waals surface area contributed by atoms with E-state index in [0.29, 0.717) is 18.1 Å². The van der Waals surface area contributed by atoms with Crippen molar-refractivity contribution in [3.8, 4) is 11.5 Å². The summed E-state index contributed by atoms with van der Waals surface area (Å²) in [6.07, 6.45) is 3.28. The van der Waals surface area contributed by atoms with E-state index in [4.69, 9.17) is 14.0 Å². The first kappa shape index (κ1) is 23.1. The lowest BCUT2D eigenvalue weighted by molar-refractivity contribution is -0.117.